The normalized spacial score (nSPS) is 13.2. The number of hydrogen-bond donors (Lipinski definition) is 3. The van der Waals surface area contributed by atoms with Crippen molar-refractivity contribution in [2.24, 2.45) is 0 Å². The maximum absolute atomic E-state index is 11.9. The molecule has 0 aromatic heterocycles. The number of alkyl carbamates (subject to hydrolysis) is 1. The zero-order chi connectivity index (χ0) is 18.9. The highest BCUT2D eigenvalue weighted by molar-refractivity contribution is 5.80. The van der Waals surface area contributed by atoms with Crippen LogP contribution in [0.4, 0.5) is 4.79 Å². The van der Waals surface area contributed by atoms with Crippen molar-refractivity contribution in [1.29, 1.82) is 0 Å². The van der Waals surface area contributed by atoms with Gasteiger partial charge in [0, 0.05) is 6.61 Å². The molecule has 1 aromatic rings. The van der Waals surface area contributed by atoms with Gasteiger partial charge < -0.3 is 25.0 Å². The highest BCUT2D eigenvalue weighted by Crippen LogP contribution is 2.10. The van der Waals surface area contributed by atoms with E-state index in [0.717, 1.165) is 5.56 Å². The number of ether oxygens (including phenoxy) is 2. The third-order valence-electron chi connectivity index (χ3n) is 2.98. The van der Waals surface area contributed by atoms with Crippen molar-refractivity contribution < 1.29 is 29.3 Å². The molecule has 3 N–H and O–H groups in total. The Balaban J connectivity index is 2.58. The molecule has 1 rings (SSSR count). The van der Waals surface area contributed by atoms with Gasteiger partial charge in [0.15, 0.2) is 0 Å². The summed E-state index contributed by atoms with van der Waals surface area (Å²) in [6.07, 6.45) is 0.0897. The molecule has 0 radical (unpaired) electrons. The molecule has 25 heavy (non-hydrogen) atoms. The topological polar surface area (TPSA) is 105 Å². The summed E-state index contributed by atoms with van der Waals surface area (Å²) in [5.41, 5.74) is 0.286. The van der Waals surface area contributed by atoms with E-state index in [4.69, 9.17) is 14.6 Å². The van der Waals surface area contributed by atoms with E-state index in [-0.39, 0.29) is 13.0 Å². The van der Waals surface area contributed by atoms with Crippen molar-refractivity contribution in [3.05, 3.63) is 47.7 Å². The fraction of sp³-hybridized carbons (Fsp3) is 0.444. The van der Waals surface area contributed by atoms with Crippen LogP contribution in [-0.2, 0) is 20.9 Å². The van der Waals surface area contributed by atoms with Crippen LogP contribution in [0.1, 0.15) is 32.8 Å². The van der Waals surface area contributed by atoms with Gasteiger partial charge in [0.2, 0.25) is 0 Å². The maximum Gasteiger partial charge on any atom is 0.408 e. The number of carbonyl (C=O) groups is 2. The zero-order valence-electron chi connectivity index (χ0n) is 14.7. The van der Waals surface area contributed by atoms with Crippen molar-refractivity contribution in [3.8, 4) is 0 Å². The summed E-state index contributed by atoms with van der Waals surface area (Å²) in [5, 5.41) is 21.1. The first-order valence-electron chi connectivity index (χ1n) is 7.92. The lowest BCUT2D eigenvalue weighted by atomic mass is 10.1. The highest BCUT2D eigenvalue weighted by Gasteiger charge is 2.22. The molecule has 0 spiro atoms. The predicted octanol–water partition coefficient (Wildman–Crippen LogP) is 3.01. The van der Waals surface area contributed by atoms with E-state index in [1.807, 2.05) is 30.3 Å². The number of rotatable bonds is 8. The predicted molar refractivity (Wildman–Crippen MR) is 92.2 cm³/mol. The number of hydrogen-bond acceptors (Lipinski definition) is 5. The van der Waals surface area contributed by atoms with Crippen LogP contribution in [0, 0.1) is 0 Å². The molecule has 138 valence electrons. The van der Waals surface area contributed by atoms with Crippen molar-refractivity contribution >= 4 is 12.1 Å². The van der Waals surface area contributed by atoms with E-state index in [1.165, 1.54) is 0 Å². The first kappa shape index (κ1) is 20.5. The largest absolute Gasteiger partial charge is 0.510 e. The van der Waals surface area contributed by atoms with Crippen molar-refractivity contribution in [2.45, 2.75) is 45.4 Å². The summed E-state index contributed by atoms with van der Waals surface area (Å²) in [4.78, 5) is 22.6. The second-order valence-electron chi connectivity index (χ2n) is 6.43. The third kappa shape index (κ3) is 9.36. The molecule has 0 bridgehead atoms. The second-order valence-corrected chi connectivity index (χ2v) is 6.43. The molecular formula is C18H25NO6. The van der Waals surface area contributed by atoms with E-state index in [0.29, 0.717) is 12.7 Å². The lowest BCUT2D eigenvalue weighted by Crippen LogP contribution is -2.41. The summed E-state index contributed by atoms with van der Waals surface area (Å²) in [6.45, 7) is 5.71. The quantitative estimate of drug-likeness (QED) is 0.378. The highest BCUT2D eigenvalue weighted by atomic mass is 16.6. The van der Waals surface area contributed by atoms with Crippen LogP contribution in [-0.4, -0.2) is 40.5 Å². The molecule has 0 aliphatic carbocycles. The second kappa shape index (κ2) is 9.68. The molecule has 1 atom stereocenters. The van der Waals surface area contributed by atoms with E-state index in [2.05, 4.69) is 5.32 Å². The van der Waals surface area contributed by atoms with Gasteiger partial charge in [-0.15, -0.1) is 0 Å². The zero-order valence-corrected chi connectivity index (χ0v) is 14.7. The number of benzene rings is 1. The molecule has 0 saturated heterocycles. The first-order valence-corrected chi connectivity index (χ1v) is 7.92. The van der Waals surface area contributed by atoms with Crippen molar-refractivity contribution in [1.82, 2.24) is 5.32 Å². The summed E-state index contributed by atoms with van der Waals surface area (Å²) in [6, 6.07) is 8.61. The summed E-state index contributed by atoms with van der Waals surface area (Å²) >= 11 is 0. The monoisotopic (exact) mass is 351 g/mol. The molecule has 7 nitrogen and oxygen atoms in total. The van der Waals surface area contributed by atoms with E-state index < -0.39 is 29.5 Å². The molecule has 1 unspecified atom stereocenters. The minimum Gasteiger partial charge on any atom is -0.510 e. The SMILES string of the molecule is CC(C)(C)OC(=O)NC(CCOCc1ccccc1)C(O)=CC(=O)O. The molecule has 0 heterocycles. The van der Waals surface area contributed by atoms with Gasteiger partial charge in [-0.25, -0.2) is 9.59 Å². The Morgan fingerprint density at radius 3 is 2.40 bits per heavy atom. The van der Waals surface area contributed by atoms with Gasteiger partial charge in [-0.2, -0.15) is 0 Å². The van der Waals surface area contributed by atoms with Gasteiger partial charge in [-0.05, 0) is 32.8 Å². The van der Waals surface area contributed by atoms with Gasteiger partial charge in [-0.3, -0.25) is 0 Å². The molecule has 1 aromatic carbocycles. The first-order chi connectivity index (χ1) is 11.7. The standard InChI is InChI=1S/C18H25NO6/c1-18(2,3)25-17(23)19-14(15(20)11-16(21)22)9-10-24-12-13-7-5-4-6-8-13/h4-8,11,14,20H,9-10,12H2,1-3H3,(H,19,23)(H,21,22). The van der Waals surface area contributed by atoms with Crippen LogP contribution in [0.3, 0.4) is 0 Å². The number of carbonyl (C=O) groups excluding carboxylic acids is 1. The van der Waals surface area contributed by atoms with Gasteiger partial charge in [0.05, 0.1) is 18.7 Å². The van der Waals surface area contributed by atoms with Crippen molar-refractivity contribution in [3.63, 3.8) is 0 Å². The Kier molecular flexibility index (Phi) is 7.94. The van der Waals surface area contributed by atoms with Crippen LogP contribution in [0.15, 0.2) is 42.2 Å². The summed E-state index contributed by atoms with van der Waals surface area (Å²) in [7, 11) is 0. The molecule has 0 aliphatic heterocycles. The lowest BCUT2D eigenvalue weighted by molar-refractivity contribution is -0.131. The van der Waals surface area contributed by atoms with E-state index in [9.17, 15) is 14.7 Å². The third-order valence-corrected chi connectivity index (χ3v) is 2.98. The number of nitrogens with one attached hydrogen (secondary N) is 1. The molecule has 0 aliphatic rings. The van der Waals surface area contributed by atoms with Crippen LogP contribution >= 0.6 is 0 Å². The average molecular weight is 351 g/mol. The van der Waals surface area contributed by atoms with Gasteiger partial charge in [0.25, 0.3) is 0 Å². The minimum absolute atomic E-state index is 0.196. The molecule has 0 fully saturated rings. The Morgan fingerprint density at radius 1 is 1.20 bits per heavy atom. The average Bonchev–Trinajstić information content (AvgIpc) is 2.48. The molecule has 1 amide bonds. The smallest absolute Gasteiger partial charge is 0.408 e. The number of amides is 1. The Bertz CT molecular complexity index is 591. The number of aliphatic hydroxyl groups is 1. The molecular weight excluding hydrogens is 326 g/mol. The van der Waals surface area contributed by atoms with E-state index in [1.54, 1.807) is 20.8 Å². The number of carboxylic acid groups (broad SMARTS) is 1. The fourth-order valence-electron chi connectivity index (χ4n) is 1.94. The summed E-state index contributed by atoms with van der Waals surface area (Å²) < 4.78 is 10.6. The molecule has 0 saturated carbocycles. The Labute approximate surface area is 147 Å². The Morgan fingerprint density at radius 2 is 1.84 bits per heavy atom. The Hall–Kier alpha value is -2.54. The fourth-order valence-corrected chi connectivity index (χ4v) is 1.94. The van der Waals surface area contributed by atoms with Crippen LogP contribution in [0.2, 0.25) is 0 Å². The van der Waals surface area contributed by atoms with E-state index >= 15 is 0 Å². The van der Waals surface area contributed by atoms with Gasteiger partial charge >= 0.3 is 12.1 Å². The van der Waals surface area contributed by atoms with Gasteiger partial charge in [-0.1, -0.05) is 30.3 Å². The molecule has 7 heteroatoms. The van der Waals surface area contributed by atoms with Crippen LogP contribution in [0.25, 0.3) is 0 Å². The summed E-state index contributed by atoms with van der Waals surface area (Å²) in [5.74, 6) is -1.78. The van der Waals surface area contributed by atoms with Crippen molar-refractivity contribution in [2.75, 3.05) is 6.61 Å². The maximum atomic E-state index is 11.9. The van der Waals surface area contributed by atoms with Crippen LogP contribution in [0.5, 0.6) is 0 Å². The van der Waals surface area contributed by atoms with Gasteiger partial charge in [0.1, 0.15) is 11.4 Å². The van der Waals surface area contributed by atoms with Crippen LogP contribution < -0.4 is 5.32 Å². The lowest BCUT2D eigenvalue weighted by Gasteiger charge is -2.23. The minimum atomic E-state index is -1.31. The number of aliphatic hydroxyl groups excluding tert-OH is 1. The number of aliphatic carboxylic acids is 1. The number of carboxylic acids is 1.